The zero-order valence-electron chi connectivity index (χ0n) is 17.9. The lowest BCUT2D eigenvalue weighted by atomic mass is 9.94. The van der Waals surface area contributed by atoms with E-state index in [-0.39, 0.29) is 0 Å². The van der Waals surface area contributed by atoms with Crippen LogP contribution in [0.3, 0.4) is 0 Å². The third kappa shape index (κ3) is 4.62. The number of benzene rings is 1. The Kier molecular flexibility index (Phi) is 5.80. The molecule has 3 aromatic heterocycles. The molecule has 0 aliphatic carbocycles. The first-order valence-electron chi connectivity index (χ1n) is 10.8. The molecular weight excluding hydrogens is 402 g/mol. The van der Waals surface area contributed by atoms with E-state index in [0.717, 1.165) is 55.0 Å². The van der Waals surface area contributed by atoms with Crippen molar-refractivity contribution >= 4 is 28.6 Å². The van der Waals surface area contributed by atoms with E-state index in [0.29, 0.717) is 17.7 Å². The maximum atomic E-state index is 4.78. The Balaban J connectivity index is 1.28. The standard InChI is InChI=1S/C23H25N9/c1-24-21-12-22(29-15-28-21)31-23-27-7-6-18(30-23)17-3-2-10-32(14-17)13-16-4-5-19-20(11-16)26-9-8-25-19/h4-9,11-12,15,17H,2-3,10,13-14H2,1H3,(H2,24,27,28,29,30,31)/t17-/m1/s1. The van der Waals surface area contributed by atoms with Crippen LogP contribution in [-0.4, -0.2) is 54.9 Å². The number of piperidine rings is 1. The molecule has 0 spiro atoms. The number of rotatable bonds is 6. The van der Waals surface area contributed by atoms with Crippen LogP contribution in [0.2, 0.25) is 0 Å². The molecule has 162 valence electrons. The molecule has 0 amide bonds. The summed E-state index contributed by atoms with van der Waals surface area (Å²) in [7, 11) is 1.82. The second-order valence-electron chi connectivity index (χ2n) is 7.92. The first kappa shape index (κ1) is 20.2. The van der Waals surface area contributed by atoms with Gasteiger partial charge < -0.3 is 10.6 Å². The van der Waals surface area contributed by atoms with Gasteiger partial charge in [-0.3, -0.25) is 14.9 Å². The lowest BCUT2D eigenvalue weighted by Gasteiger charge is -2.32. The van der Waals surface area contributed by atoms with Gasteiger partial charge in [0.1, 0.15) is 18.0 Å². The predicted molar refractivity (Wildman–Crippen MR) is 124 cm³/mol. The number of hydrogen-bond acceptors (Lipinski definition) is 9. The first-order valence-corrected chi connectivity index (χ1v) is 10.8. The molecule has 1 aromatic carbocycles. The lowest BCUT2D eigenvalue weighted by Crippen LogP contribution is -2.34. The summed E-state index contributed by atoms with van der Waals surface area (Å²) in [5.74, 6) is 2.31. The van der Waals surface area contributed by atoms with Crippen molar-refractivity contribution in [1.29, 1.82) is 0 Å². The highest BCUT2D eigenvalue weighted by Gasteiger charge is 2.23. The van der Waals surface area contributed by atoms with E-state index < -0.39 is 0 Å². The second-order valence-corrected chi connectivity index (χ2v) is 7.92. The summed E-state index contributed by atoms with van der Waals surface area (Å²) >= 11 is 0. The Hall–Kier alpha value is -3.72. The monoisotopic (exact) mass is 427 g/mol. The van der Waals surface area contributed by atoms with Crippen molar-refractivity contribution in [3.63, 3.8) is 0 Å². The summed E-state index contributed by atoms with van der Waals surface area (Å²) in [5, 5.41) is 6.19. The quantitative estimate of drug-likeness (QED) is 0.479. The average molecular weight is 428 g/mol. The number of nitrogens with one attached hydrogen (secondary N) is 2. The van der Waals surface area contributed by atoms with Crippen molar-refractivity contribution in [3.8, 4) is 0 Å². The maximum Gasteiger partial charge on any atom is 0.228 e. The van der Waals surface area contributed by atoms with Crippen LogP contribution in [0.1, 0.15) is 30.0 Å². The lowest BCUT2D eigenvalue weighted by molar-refractivity contribution is 0.198. The van der Waals surface area contributed by atoms with Gasteiger partial charge >= 0.3 is 0 Å². The zero-order valence-corrected chi connectivity index (χ0v) is 17.9. The fourth-order valence-corrected chi connectivity index (χ4v) is 4.14. The van der Waals surface area contributed by atoms with Gasteiger partial charge in [-0.25, -0.2) is 19.9 Å². The Morgan fingerprint density at radius 3 is 2.72 bits per heavy atom. The van der Waals surface area contributed by atoms with E-state index >= 15 is 0 Å². The molecule has 9 heteroatoms. The van der Waals surface area contributed by atoms with Crippen LogP contribution in [-0.2, 0) is 6.54 Å². The Labute approximate surface area is 186 Å². The fourth-order valence-electron chi connectivity index (χ4n) is 4.14. The number of likely N-dealkylation sites (tertiary alicyclic amines) is 1. The van der Waals surface area contributed by atoms with Gasteiger partial charge in [-0.15, -0.1) is 0 Å². The van der Waals surface area contributed by atoms with Gasteiger partial charge in [-0.05, 0) is 43.1 Å². The number of hydrogen-bond donors (Lipinski definition) is 2. The molecule has 4 aromatic rings. The molecule has 4 heterocycles. The summed E-state index contributed by atoms with van der Waals surface area (Å²) in [6.07, 6.45) is 9.05. The number of fused-ring (bicyclic) bond motifs is 1. The molecule has 1 aliphatic heterocycles. The van der Waals surface area contributed by atoms with Crippen molar-refractivity contribution in [2.45, 2.75) is 25.3 Å². The zero-order chi connectivity index (χ0) is 21.8. The molecule has 0 bridgehead atoms. The van der Waals surface area contributed by atoms with Crippen LogP contribution in [0.15, 0.2) is 55.2 Å². The van der Waals surface area contributed by atoms with E-state index in [1.54, 1.807) is 12.4 Å². The smallest absolute Gasteiger partial charge is 0.228 e. The minimum Gasteiger partial charge on any atom is -0.373 e. The van der Waals surface area contributed by atoms with Crippen molar-refractivity contribution in [3.05, 3.63) is 66.5 Å². The average Bonchev–Trinajstić information content (AvgIpc) is 2.84. The Morgan fingerprint density at radius 2 is 1.81 bits per heavy atom. The van der Waals surface area contributed by atoms with Crippen LogP contribution in [0.25, 0.3) is 11.0 Å². The predicted octanol–water partition coefficient (Wildman–Crippen LogP) is 3.37. The summed E-state index contributed by atoms with van der Waals surface area (Å²) < 4.78 is 0. The van der Waals surface area contributed by atoms with Gasteiger partial charge in [-0.1, -0.05) is 6.07 Å². The van der Waals surface area contributed by atoms with Crippen LogP contribution in [0.4, 0.5) is 17.6 Å². The van der Waals surface area contributed by atoms with E-state index in [4.69, 9.17) is 4.98 Å². The molecule has 5 rings (SSSR count). The topological polar surface area (TPSA) is 105 Å². The number of nitrogens with zero attached hydrogens (tertiary/aromatic N) is 7. The third-order valence-corrected chi connectivity index (χ3v) is 5.70. The minimum absolute atomic E-state index is 0.366. The van der Waals surface area contributed by atoms with Crippen LogP contribution in [0.5, 0.6) is 0 Å². The Morgan fingerprint density at radius 1 is 0.938 bits per heavy atom. The summed E-state index contributed by atoms with van der Waals surface area (Å²) in [6.45, 7) is 2.94. The van der Waals surface area contributed by atoms with E-state index in [9.17, 15) is 0 Å². The largest absolute Gasteiger partial charge is 0.373 e. The van der Waals surface area contributed by atoms with Crippen molar-refractivity contribution in [2.75, 3.05) is 30.8 Å². The van der Waals surface area contributed by atoms with E-state index in [1.807, 2.05) is 31.4 Å². The summed E-state index contributed by atoms with van der Waals surface area (Å²) in [5.41, 5.74) is 4.18. The third-order valence-electron chi connectivity index (χ3n) is 5.70. The first-order chi connectivity index (χ1) is 15.8. The summed E-state index contributed by atoms with van der Waals surface area (Å²) in [4.78, 5) is 28.8. The van der Waals surface area contributed by atoms with E-state index in [1.165, 1.54) is 11.9 Å². The number of aromatic nitrogens is 6. The van der Waals surface area contributed by atoms with Gasteiger partial charge in [0, 0.05) is 50.7 Å². The highest BCUT2D eigenvalue weighted by atomic mass is 15.2. The molecule has 32 heavy (non-hydrogen) atoms. The minimum atomic E-state index is 0.366. The van der Waals surface area contributed by atoms with Crippen molar-refractivity contribution in [2.24, 2.45) is 0 Å². The van der Waals surface area contributed by atoms with Crippen LogP contribution < -0.4 is 10.6 Å². The van der Waals surface area contributed by atoms with Crippen molar-refractivity contribution in [1.82, 2.24) is 34.8 Å². The second kappa shape index (κ2) is 9.19. The normalized spacial score (nSPS) is 16.7. The highest BCUT2D eigenvalue weighted by Crippen LogP contribution is 2.27. The van der Waals surface area contributed by atoms with Crippen molar-refractivity contribution < 1.29 is 0 Å². The molecular formula is C23H25N9. The number of anilines is 3. The maximum absolute atomic E-state index is 4.78. The van der Waals surface area contributed by atoms with Crippen LogP contribution >= 0.6 is 0 Å². The molecule has 1 fully saturated rings. The van der Waals surface area contributed by atoms with E-state index in [2.05, 4.69) is 52.6 Å². The van der Waals surface area contributed by atoms with Gasteiger partial charge in [0.15, 0.2) is 0 Å². The molecule has 1 atom stereocenters. The fraction of sp³-hybridized carbons (Fsp3) is 0.304. The van der Waals surface area contributed by atoms with Gasteiger partial charge in [0.2, 0.25) is 5.95 Å². The molecule has 9 nitrogen and oxygen atoms in total. The molecule has 2 N–H and O–H groups in total. The SMILES string of the molecule is CNc1cc(Nc2nccc([C@@H]3CCCN(Cc4ccc5nccnc5c4)C3)n2)ncn1. The molecule has 1 aliphatic rings. The van der Waals surface area contributed by atoms with Gasteiger partial charge in [-0.2, -0.15) is 0 Å². The molecule has 0 saturated carbocycles. The molecule has 0 radical (unpaired) electrons. The highest BCUT2D eigenvalue weighted by molar-refractivity contribution is 5.74. The van der Waals surface area contributed by atoms with Gasteiger partial charge in [0.05, 0.1) is 16.7 Å². The van der Waals surface area contributed by atoms with Crippen LogP contribution in [0, 0.1) is 0 Å². The van der Waals surface area contributed by atoms with Gasteiger partial charge in [0.25, 0.3) is 0 Å². The Bertz CT molecular complexity index is 1210. The molecule has 1 saturated heterocycles. The summed E-state index contributed by atoms with van der Waals surface area (Å²) in [6, 6.07) is 10.2. The molecule has 0 unspecified atom stereocenters.